The number of fused-ring (bicyclic) bond motifs is 1. The molecule has 0 saturated carbocycles. The largest absolute Gasteiger partial charge is 0.503 e. The van der Waals surface area contributed by atoms with E-state index in [0.29, 0.717) is 5.56 Å². The van der Waals surface area contributed by atoms with Crippen molar-refractivity contribution in [1.82, 2.24) is 0 Å². The Balaban J connectivity index is 2.74. The zero-order valence-electron chi connectivity index (χ0n) is 10.7. The van der Waals surface area contributed by atoms with Crippen molar-refractivity contribution < 1.29 is 14.6 Å². The van der Waals surface area contributed by atoms with Crippen LogP contribution < -0.4 is 0 Å². The third-order valence-corrected chi connectivity index (χ3v) is 3.03. The summed E-state index contributed by atoms with van der Waals surface area (Å²) in [6.45, 7) is 0. The number of methoxy groups -OCH3 is 1. The van der Waals surface area contributed by atoms with Gasteiger partial charge in [0.15, 0.2) is 0 Å². The van der Waals surface area contributed by atoms with Crippen molar-refractivity contribution >= 4 is 38.2 Å². The van der Waals surface area contributed by atoms with Gasteiger partial charge in [-0.25, -0.2) is 4.79 Å². The summed E-state index contributed by atoms with van der Waals surface area (Å²) in [7, 11) is 1.43. The van der Waals surface area contributed by atoms with Gasteiger partial charge >= 0.3 is 5.97 Å². The molecule has 3 nitrogen and oxygen atoms in total. The first-order valence-electron chi connectivity index (χ1n) is 5.78. The fraction of sp³-hybridized carbons (Fsp3) is 0.0625. The first-order valence-corrected chi connectivity index (χ1v) is 6.57. The number of carbonyl (C=O) groups is 1. The van der Waals surface area contributed by atoms with Crippen molar-refractivity contribution in [3.05, 3.63) is 53.8 Å². The maximum absolute atomic E-state index is 11.4. The maximum Gasteiger partial charge on any atom is 0.339 e. The van der Waals surface area contributed by atoms with Crippen LogP contribution in [0.5, 0.6) is 0 Å². The fourth-order valence-electron chi connectivity index (χ4n) is 1.99. The van der Waals surface area contributed by atoms with E-state index in [4.69, 9.17) is 4.74 Å². The molecule has 0 bridgehead atoms. The van der Waals surface area contributed by atoms with E-state index in [1.165, 1.54) is 13.4 Å². The number of ether oxygens (including phenoxy) is 1. The van der Waals surface area contributed by atoms with E-state index in [2.05, 4.69) is 26.7 Å². The molecule has 0 spiro atoms. The van der Waals surface area contributed by atoms with Crippen LogP contribution in [-0.4, -0.2) is 18.2 Å². The molecule has 0 amide bonds. The normalized spacial score (nSPS) is 10.8. The SMILES string of the molecule is COC=C(C(=O)O)c1cccc2ccc(C#CBr)cc12. The summed E-state index contributed by atoms with van der Waals surface area (Å²) in [5.41, 5.74) is 1.53. The highest BCUT2D eigenvalue weighted by Gasteiger charge is 2.14. The van der Waals surface area contributed by atoms with Crippen LogP contribution in [-0.2, 0) is 9.53 Å². The summed E-state index contributed by atoms with van der Waals surface area (Å²) in [6, 6.07) is 11.2. The number of benzene rings is 2. The first kappa shape index (κ1) is 14.2. The summed E-state index contributed by atoms with van der Waals surface area (Å²) in [5.74, 6) is 1.86. The van der Waals surface area contributed by atoms with E-state index >= 15 is 0 Å². The van der Waals surface area contributed by atoms with Crippen molar-refractivity contribution in [3.63, 3.8) is 0 Å². The summed E-state index contributed by atoms with van der Waals surface area (Å²) < 4.78 is 4.87. The van der Waals surface area contributed by atoms with Gasteiger partial charge in [-0.15, -0.1) is 0 Å². The molecule has 4 heteroatoms. The van der Waals surface area contributed by atoms with Gasteiger partial charge in [0.25, 0.3) is 0 Å². The maximum atomic E-state index is 11.4. The molecule has 0 heterocycles. The van der Waals surface area contributed by atoms with Crippen LogP contribution in [0.4, 0.5) is 0 Å². The van der Waals surface area contributed by atoms with Crippen molar-refractivity contribution in [1.29, 1.82) is 0 Å². The second kappa shape index (κ2) is 6.27. The average molecular weight is 331 g/mol. The zero-order valence-corrected chi connectivity index (χ0v) is 12.3. The number of carboxylic acid groups (broad SMARTS) is 1. The molecule has 0 aliphatic carbocycles. The van der Waals surface area contributed by atoms with Gasteiger partial charge < -0.3 is 9.84 Å². The smallest absolute Gasteiger partial charge is 0.339 e. The van der Waals surface area contributed by atoms with Crippen molar-refractivity contribution in [2.75, 3.05) is 7.11 Å². The first-order chi connectivity index (χ1) is 9.67. The van der Waals surface area contributed by atoms with E-state index < -0.39 is 5.97 Å². The molecule has 0 unspecified atom stereocenters. The number of hydrogen-bond acceptors (Lipinski definition) is 2. The predicted octanol–water partition coefficient (Wildman–Crippen LogP) is 3.62. The molecule has 0 fully saturated rings. The van der Waals surface area contributed by atoms with Gasteiger partial charge in [-0.2, -0.15) is 0 Å². The Morgan fingerprint density at radius 3 is 2.80 bits per heavy atom. The quantitative estimate of drug-likeness (QED) is 0.531. The highest BCUT2D eigenvalue weighted by Crippen LogP contribution is 2.26. The van der Waals surface area contributed by atoms with Crippen molar-refractivity contribution in [2.45, 2.75) is 0 Å². The number of halogens is 1. The standard InChI is InChI=1S/C16H11BrO3/c1-20-10-15(16(18)19)13-4-2-3-12-6-5-11(7-8-17)9-14(12)13/h2-6,9-10H,1H3,(H,18,19). The van der Waals surface area contributed by atoms with Gasteiger partial charge in [0.2, 0.25) is 0 Å². The molecule has 0 atom stereocenters. The molecule has 0 aliphatic heterocycles. The summed E-state index contributed by atoms with van der Waals surface area (Å²) in [5, 5.41) is 11.1. The molecular formula is C16H11BrO3. The van der Waals surface area contributed by atoms with E-state index in [1.54, 1.807) is 6.07 Å². The minimum absolute atomic E-state index is 0.113. The lowest BCUT2D eigenvalue weighted by molar-refractivity contribution is -0.130. The van der Waals surface area contributed by atoms with Crippen LogP contribution in [0.25, 0.3) is 16.3 Å². The third kappa shape index (κ3) is 2.84. The second-order valence-corrected chi connectivity index (χ2v) is 4.43. The topological polar surface area (TPSA) is 46.5 Å². The molecule has 20 heavy (non-hydrogen) atoms. The molecular weight excluding hydrogens is 320 g/mol. The van der Waals surface area contributed by atoms with Crippen LogP contribution in [0.1, 0.15) is 11.1 Å². The van der Waals surface area contributed by atoms with E-state index in [1.807, 2.05) is 30.3 Å². The summed E-state index contributed by atoms with van der Waals surface area (Å²) in [6.07, 6.45) is 1.24. The average Bonchev–Trinajstić information content (AvgIpc) is 2.44. The Bertz CT molecular complexity index is 751. The Morgan fingerprint density at radius 1 is 1.35 bits per heavy atom. The third-order valence-electron chi connectivity index (χ3n) is 2.83. The Labute approximate surface area is 125 Å². The van der Waals surface area contributed by atoms with Crippen LogP contribution in [0.15, 0.2) is 42.7 Å². The second-order valence-electron chi connectivity index (χ2n) is 4.03. The Hall–Kier alpha value is -2.25. The molecule has 2 aromatic carbocycles. The van der Waals surface area contributed by atoms with Crippen LogP contribution in [0.2, 0.25) is 0 Å². The van der Waals surface area contributed by atoms with Crippen molar-refractivity contribution in [3.8, 4) is 10.8 Å². The summed E-state index contributed by atoms with van der Waals surface area (Å²) >= 11 is 3.06. The van der Waals surface area contributed by atoms with Gasteiger partial charge in [0, 0.05) is 21.5 Å². The zero-order chi connectivity index (χ0) is 14.5. The number of aliphatic carboxylic acids is 1. The number of carboxylic acids is 1. The van der Waals surface area contributed by atoms with Gasteiger partial charge in [-0.05, 0) is 33.3 Å². The lowest BCUT2D eigenvalue weighted by atomic mass is 9.97. The molecule has 0 radical (unpaired) electrons. The van der Waals surface area contributed by atoms with Crippen LogP contribution >= 0.6 is 15.9 Å². The number of rotatable bonds is 3. The highest BCUT2D eigenvalue weighted by atomic mass is 79.9. The van der Waals surface area contributed by atoms with Gasteiger partial charge in [0.1, 0.15) is 5.57 Å². The minimum atomic E-state index is -1.03. The highest BCUT2D eigenvalue weighted by molar-refractivity contribution is 9.12. The molecule has 2 aromatic rings. The van der Waals surface area contributed by atoms with Gasteiger partial charge in [-0.1, -0.05) is 30.2 Å². The van der Waals surface area contributed by atoms with E-state index in [0.717, 1.165) is 16.3 Å². The van der Waals surface area contributed by atoms with Gasteiger partial charge in [-0.3, -0.25) is 0 Å². The van der Waals surface area contributed by atoms with Gasteiger partial charge in [0.05, 0.1) is 13.4 Å². The monoisotopic (exact) mass is 330 g/mol. The van der Waals surface area contributed by atoms with Crippen LogP contribution in [0.3, 0.4) is 0 Å². The summed E-state index contributed by atoms with van der Waals surface area (Å²) in [4.78, 5) is 14.0. The fourth-order valence-corrected chi connectivity index (χ4v) is 2.22. The molecule has 2 rings (SSSR count). The molecule has 100 valence electrons. The van der Waals surface area contributed by atoms with E-state index in [9.17, 15) is 9.90 Å². The lowest BCUT2D eigenvalue weighted by Gasteiger charge is -2.08. The number of hydrogen-bond donors (Lipinski definition) is 1. The molecule has 0 saturated heterocycles. The van der Waals surface area contributed by atoms with E-state index in [-0.39, 0.29) is 5.57 Å². The van der Waals surface area contributed by atoms with Crippen LogP contribution in [0, 0.1) is 10.8 Å². The molecule has 1 N–H and O–H groups in total. The Kier molecular flexibility index (Phi) is 4.44. The Morgan fingerprint density at radius 2 is 2.15 bits per heavy atom. The minimum Gasteiger partial charge on any atom is -0.503 e. The van der Waals surface area contributed by atoms with Crippen molar-refractivity contribution in [2.24, 2.45) is 0 Å². The predicted molar refractivity (Wildman–Crippen MR) is 82.4 cm³/mol. The lowest BCUT2D eigenvalue weighted by Crippen LogP contribution is -2.01. The molecule has 0 aromatic heterocycles. The molecule has 0 aliphatic rings.